The maximum Gasteiger partial charge on any atom is 0.340 e. The zero-order valence-corrected chi connectivity index (χ0v) is 16.2. The molecule has 0 saturated heterocycles. The maximum absolute atomic E-state index is 12.6. The van der Waals surface area contributed by atoms with E-state index in [4.69, 9.17) is 14.2 Å². The summed E-state index contributed by atoms with van der Waals surface area (Å²) in [4.78, 5) is 25.6. The van der Waals surface area contributed by atoms with E-state index in [0.717, 1.165) is 17.7 Å². The van der Waals surface area contributed by atoms with Crippen molar-refractivity contribution in [1.29, 1.82) is 5.26 Å². The second-order valence-electron chi connectivity index (χ2n) is 5.93. The summed E-state index contributed by atoms with van der Waals surface area (Å²) in [7, 11) is 1.28. The Morgan fingerprint density at radius 3 is 2.82 bits per heavy atom. The largest absolute Gasteiger partial charge is 0.465 e. The Kier molecular flexibility index (Phi) is 5.96. The number of methoxy groups -OCH3 is 1. The summed E-state index contributed by atoms with van der Waals surface area (Å²) in [6.07, 6.45) is 3.14. The molecule has 0 radical (unpaired) electrons. The summed E-state index contributed by atoms with van der Waals surface area (Å²) in [6, 6.07) is 8.74. The first-order valence-electron chi connectivity index (χ1n) is 8.59. The third kappa shape index (κ3) is 4.15. The van der Waals surface area contributed by atoms with Crippen LogP contribution >= 0.6 is 11.3 Å². The molecule has 3 rings (SSSR count). The number of nitrogens with one attached hydrogen (secondary N) is 1. The Balaban J connectivity index is 1.84. The number of esters is 1. The van der Waals surface area contributed by atoms with Gasteiger partial charge < -0.3 is 19.5 Å². The number of carbonyl (C=O) groups is 2. The summed E-state index contributed by atoms with van der Waals surface area (Å²) in [5.74, 6) is 0.0362. The lowest BCUT2D eigenvalue weighted by atomic mass is 10.1. The highest BCUT2D eigenvalue weighted by atomic mass is 32.1. The quantitative estimate of drug-likeness (QED) is 0.452. The molecule has 0 saturated carbocycles. The molecule has 1 N–H and O–H groups in total. The minimum atomic E-state index is -0.602. The second-order valence-corrected chi connectivity index (χ2v) is 7.07. The fourth-order valence-corrected chi connectivity index (χ4v) is 3.80. The number of hydrogen-bond acceptors (Lipinski definition) is 7. The van der Waals surface area contributed by atoms with Gasteiger partial charge in [0.05, 0.1) is 12.7 Å². The van der Waals surface area contributed by atoms with Gasteiger partial charge in [0, 0.05) is 4.88 Å². The number of benzene rings is 1. The first-order chi connectivity index (χ1) is 13.5. The van der Waals surface area contributed by atoms with Gasteiger partial charge in [-0.25, -0.2) is 4.79 Å². The lowest BCUT2D eigenvalue weighted by molar-refractivity contribution is -0.112. The van der Waals surface area contributed by atoms with Crippen LogP contribution in [0, 0.1) is 11.3 Å². The Labute approximate surface area is 166 Å². The average Bonchev–Trinajstić information content (AvgIpc) is 3.32. The molecule has 0 fully saturated rings. The fraction of sp³-hybridized carbons (Fsp3) is 0.250. The van der Waals surface area contributed by atoms with Crippen LogP contribution in [0.1, 0.15) is 34.1 Å². The van der Waals surface area contributed by atoms with E-state index in [-0.39, 0.29) is 17.9 Å². The third-order valence-corrected chi connectivity index (χ3v) is 5.09. The van der Waals surface area contributed by atoms with Gasteiger partial charge in [0.2, 0.25) is 6.79 Å². The molecule has 28 heavy (non-hydrogen) atoms. The number of ether oxygens (including phenoxy) is 3. The van der Waals surface area contributed by atoms with Crippen LogP contribution in [0.5, 0.6) is 11.5 Å². The maximum atomic E-state index is 12.6. The Morgan fingerprint density at radius 2 is 2.11 bits per heavy atom. The van der Waals surface area contributed by atoms with E-state index in [2.05, 4.69) is 5.32 Å². The second kappa shape index (κ2) is 8.59. The average molecular weight is 398 g/mol. The number of amides is 1. The molecule has 0 atom stereocenters. The van der Waals surface area contributed by atoms with Gasteiger partial charge in [0.25, 0.3) is 5.91 Å². The molecule has 2 heterocycles. The molecule has 1 aromatic heterocycles. The van der Waals surface area contributed by atoms with E-state index < -0.39 is 11.9 Å². The first-order valence-corrected chi connectivity index (χ1v) is 9.41. The van der Waals surface area contributed by atoms with Crippen molar-refractivity contribution >= 4 is 34.3 Å². The van der Waals surface area contributed by atoms with E-state index in [1.807, 2.05) is 13.0 Å². The summed E-state index contributed by atoms with van der Waals surface area (Å²) >= 11 is 1.30. The highest BCUT2D eigenvalue weighted by molar-refractivity contribution is 7.16. The monoisotopic (exact) mass is 398 g/mol. The molecule has 1 amide bonds. The molecule has 0 spiro atoms. The number of nitrogens with zero attached hydrogens (tertiary/aromatic N) is 1. The predicted octanol–water partition coefficient (Wildman–Crippen LogP) is 3.76. The van der Waals surface area contributed by atoms with Gasteiger partial charge in [-0.15, -0.1) is 11.3 Å². The van der Waals surface area contributed by atoms with E-state index in [1.165, 1.54) is 24.5 Å². The molecule has 0 unspecified atom stereocenters. The highest BCUT2D eigenvalue weighted by Crippen LogP contribution is 2.33. The summed E-state index contributed by atoms with van der Waals surface area (Å²) in [5.41, 5.74) is 0.812. The molecule has 1 aliphatic heterocycles. The zero-order chi connectivity index (χ0) is 20.1. The Hall–Kier alpha value is -3.31. The number of fused-ring (bicyclic) bond motifs is 1. The highest BCUT2D eigenvalue weighted by Gasteiger charge is 2.20. The van der Waals surface area contributed by atoms with Crippen molar-refractivity contribution in [1.82, 2.24) is 0 Å². The molecular weight excluding hydrogens is 380 g/mol. The number of aryl methyl sites for hydroxylation is 1. The van der Waals surface area contributed by atoms with Crippen LogP contribution < -0.4 is 14.8 Å². The van der Waals surface area contributed by atoms with Gasteiger partial charge in [0.15, 0.2) is 11.5 Å². The zero-order valence-electron chi connectivity index (χ0n) is 15.4. The van der Waals surface area contributed by atoms with Crippen LogP contribution in [-0.4, -0.2) is 25.8 Å². The summed E-state index contributed by atoms with van der Waals surface area (Å²) < 4.78 is 15.3. The van der Waals surface area contributed by atoms with Crippen molar-refractivity contribution in [2.24, 2.45) is 0 Å². The molecule has 0 bridgehead atoms. The van der Waals surface area contributed by atoms with Crippen molar-refractivity contribution in [3.8, 4) is 17.6 Å². The lowest BCUT2D eigenvalue weighted by Crippen LogP contribution is -2.15. The Morgan fingerprint density at radius 1 is 1.32 bits per heavy atom. The molecule has 144 valence electrons. The lowest BCUT2D eigenvalue weighted by Gasteiger charge is -2.05. The van der Waals surface area contributed by atoms with Gasteiger partial charge in [-0.05, 0) is 36.3 Å². The van der Waals surface area contributed by atoms with Crippen molar-refractivity contribution in [3.63, 3.8) is 0 Å². The van der Waals surface area contributed by atoms with Crippen molar-refractivity contribution in [2.45, 2.75) is 19.8 Å². The van der Waals surface area contributed by atoms with Crippen molar-refractivity contribution < 1.29 is 23.8 Å². The van der Waals surface area contributed by atoms with E-state index >= 15 is 0 Å². The standard InChI is InChI=1S/C20H18N2O5S/c1-3-4-14-9-15(20(24)25-2)19(28-14)22-18(23)13(10-21)7-12-5-6-16-17(8-12)27-11-26-16/h5-9H,3-4,11H2,1-2H3,(H,22,23)/b13-7+. The Bertz CT molecular complexity index is 987. The van der Waals surface area contributed by atoms with Gasteiger partial charge in [0.1, 0.15) is 16.6 Å². The summed E-state index contributed by atoms with van der Waals surface area (Å²) in [5, 5.41) is 12.4. The van der Waals surface area contributed by atoms with Gasteiger partial charge in [-0.1, -0.05) is 19.4 Å². The molecule has 8 heteroatoms. The third-order valence-electron chi connectivity index (χ3n) is 3.98. The van der Waals surface area contributed by atoms with Crippen LogP contribution in [0.25, 0.3) is 6.08 Å². The van der Waals surface area contributed by atoms with Crippen LogP contribution in [0.3, 0.4) is 0 Å². The number of nitriles is 1. The molecule has 1 aliphatic rings. The SMILES string of the molecule is CCCc1cc(C(=O)OC)c(NC(=O)/C(C#N)=C/c2ccc3c(c2)OCO3)s1. The number of hydrogen-bond donors (Lipinski definition) is 1. The number of thiophene rings is 1. The van der Waals surface area contributed by atoms with E-state index in [9.17, 15) is 14.9 Å². The molecule has 2 aromatic rings. The predicted molar refractivity (Wildman–Crippen MR) is 104 cm³/mol. The minimum absolute atomic E-state index is 0.0971. The normalized spacial score (nSPS) is 12.4. The van der Waals surface area contributed by atoms with Crippen molar-refractivity contribution in [3.05, 3.63) is 45.8 Å². The minimum Gasteiger partial charge on any atom is -0.465 e. The van der Waals surface area contributed by atoms with Crippen molar-refractivity contribution in [2.75, 3.05) is 19.2 Å². The topological polar surface area (TPSA) is 97.7 Å². The molecule has 7 nitrogen and oxygen atoms in total. The molecule has 1 aromatic carbocycles. The molecular formula is C20H18N2O5S. The van der Waals surface area contributed by atoms with Crippen LogP contribution in [0.4, 0.5) is 5.00 Å². The van der Waals surface area contributed by atoms with E-state index in [0.29, 0.717) is 22.1 Å². The van der Waals surface area contributed by atoms with E-state index in [1.54, 1.807) is 24.3 Å². The molecule has 0 aliphatic carbocycles. The number of anilines is 1. The first kappa shape index (κ1) is 19.5. The van der Waals surface area contributed by atoms with Gasteiger partial charge in [-0.3, -0.25) is 4.79 Å². The van der Waals surface area contributed by atoms with Gasteiger partial charge in [-0.2, -0.15) is 5.26 Å². The summed E-state index contributed by atoms with van der Waals surface area (Å²) in [6.45, 7) is 2.17. The van der Waals surface area contributed by atoms with Crippen LogP contribution in [0.2, 0.25) is 0 Å². The van der Waals surface area contributed by atoms with Crippen LogP contribution in [-0.2, 0) is 16.0 Å². The number of carbonyl (C=O) groups excluding carboxylic acids is 2. The van der Waals surface area contributed by atoms with Gasteiger partial charge >= 0.3 is 5.97 Å². The fourth-order valence-electron chi connectivity index (χ4n) is 2.65. The smallest absolute Gasteiger partial charge is 0.340 e. The van der Waals surface area contributed by atoms with Crippen LogP contribution in [0.15, 0.2) is 29.8 Å². The number of rotatable bonds is 6.